The fourth-order valence-corrected chi connectivity index (χ4v) is 1.00. The highest BCUT2D eigenvalue weighted by Crippen LogP contribution is 2.14. The van der Waals surface area contributed by atoms with Crippen molar-refractivity contribution in [2.75, 3.05) is 6.54 Å². The molecule has 0 aliphatic carbocycles. The maximum Gasteiger partial charge on any atom is 0.401 e. The molecule has 0 fully saturated rings. The van der Waals surface area contributed by atoms with Crippen molar-refractivity contribution in [2.45, 2.75) is 12.7 Å². The fraction of sp³-hybridized carbons (Fsp3) is 0.375. The summed E-state index contributed by atoms with van der Waals surface area (Å²) in [4.78, 5) is 10.5. The van der Waals surface area contributed by atoms with E-state index in [-0.39, 0.29) is 17.9 Å². The van der Waals surface area contributed by atoms with Crippen LogP contribution in [0.15, 0.2) is 16.7 Å². The first-order chi connectivity index (χ1) is 6.90. The summed E-state index contributed by atoms with van der Waals surface area (Å²) in [6.07, 6.45) is -3.19. The smallest absolute Gasteiger partial charge is 0.401 e. The summed E-state index contributed by atoms with van der Waals surface area (Å²) in [5.74, 6) is -1.64. The molecule has 2 N–H and O–H groups in total. The molecule has 0 radical (unpaired) electrons. The molecule has 0 atom stereocenters. The number of halogens is 3. The van der Waals surface area contributed by atoms with E-state index in [4.69, 9.17) is 5.11 Å². The van der Waals surface area contributed by atoms with E-state index in [1.165, 1.54) is 6.07 Å². The Morgan fingerprint density at radius 2 is 2.20 bits per heavy atom. The van der Waals surface area contributed by atoms with Gasteiger partial charge in [-0.25, -0.2) is 4.79 Å². The molecule has 0 aliphatic rings. The molecule has 1 heterocycles. The van der Waals surface area contributed by atoms with Crippen molar-refractivity contribution >= 4 is 5.97 Å². The molecule has 0 spiro atoms. The van der Waals surface area contributed by atoms with E-state index in [9.17, 15) is 18.0 Å². The van der Waals surface area contributed by atoms with Crippen molar-refractivity contribution in [1.82, 2.24) is 5.32 Å². The Morgan fingerprint density at radius 1 is 1.53 bits per heavy atom. The van der Waals surface area contributed by atoms with Gasteiger partial charge < -0.3 is 14.8 Å². The van der Waals surface area contributed by atoms with Crippen LogP contribution in [-0.2, 0) is 6.54 Å². The first-order valence-corrected chi connectivity index (χ1v) is 3.97. The maximum atomic E-state index is 11.7. The monoisotopic (exact) mass is 223 g/mol. The number of aromatic carboxylic acids is 1. The summed E-state index contributed by atoms with van der Waals surface area (Å²) in [5, 5.41) is 10.6. The van der Waals surface area contributed by atoms with Gasteiger partial charge in [0.1, 0.15) is 0 Å². The van der Waals surface area contributed by atoms with Gasteiger partial charge in [0.15, 0.2) is 0 Å². The maximum absolute atomic E-state index is 11.7. The van der Waals surface area contributed by atoms with Crippen LogP contribution in [0.3, 0.4) is 0 Å². The molecule has 4 nitrogen and oxygen atoms in total. The molecule has 0 aromatic carbocycles. The molecule has 84 valence electrons. The molecular formula is C8H8F3NO3. The van der Waals surface area contributed by atoms with Crippen molar-refractivity contribution < 1.29 is 27.5 Å². The van der Waals surface area contributed by atoms with Gasteiger partial charge in [0, 0.05) is 12.1 Å². The molecule has 15 heavy (non-hydrogen) atoms. The first-order valence-electron chi connectivity index (χ1n) is 3.97. The van der Waals surface area contributed by atoms with Crippen molar-refractivity contribution in [3.8, 4) is 0 Å². The van der Waals surface area contributed by atoms with Crippen LogP contribution < -0.4 is 5.32 Å². The molecular weight excluding hydrogens is 215 g/mol. The van der Waals surface area contributed by atoms with Crippen LogP contribution in [0.4, 0.5) is 13.2 Å². The van der Waals surface area contributed by atoms with Crippen LogP contribution in [0.25, 0.3) is 0 Å². The normalized spacial score (nSPS) is 11.7. The van der Waals surface area contributed by atoms with Crippen LogP contribution in [0.1, 0.15) is 16.1 Å². The summed E-state index contributed by atoms with van der Waals surface area (Å²) in [6.45, 7) is -1.37. The van der Waals surface area contributed by atoms with Gasteiger partial charge in [-0.05, 0) is 6.07 Å². The van der Waals surface area contributed by atoms with Crippen LogP contribution in [0.5, 0.6) is 0 Å². The number of alkyl halides is 3. The van der Waals surface area contributed by atoms with Crippen LogP contribution in [0.2, 0.25) is 0 Å². The van der Waals surface area contributed by atoms with Crippen molar-refractivity contribution in [3.63, 3.8) is 0 Å². The van der Waals surface area contributed by atoms with Gasteiger partial charge >= 0.3 is 12.1 Å². The zero-order valence-electron chi connectivity index (χ0n) is 7.47. The average Bonchev–Trinajstić information content (AvgIpc) is 2.49. The predicted molar refractivity (Wildman–Crippen MR) is 43.4 cm³/mol. The van der Waals surface area contributed by atoms with E-state index >= 15 is 0 Å². The number of furan rings is 1. The second-order valence-corrected chi connectivity index (χ2v) is 2.80. The van der Waals surface area contributed by atoms with Crippen LogP contribution >= 0.6 is 0 Å². The zero-order chi connectivity index (χ0) is 11.5. The number of carboxylic acid groups (broad SMARTS) is 1. The van der Waals surface area contributed by atoms with Gasteiger partial charge in [-0.1, -0.05) is 0 Å². The number of carbonyl (C=O) groups is 1. The quantitative estimate of drug-likeness (QED) is 0.814. The van der Waals surface area contributed by atoms with E-state index < -0.39 is 18.7 Å². The van der Waals surface area contributed by atoms with Gasteiger partial charge in [0.2, 0.25) is 5.76 Å². The van der Waals surface area contributed by atoms with E-state index in [0.29, 0.717) is 0 Å². The third kappa shape index (κ3) is 3.62. The summed E-state index contributed by atoms with van der Waals surface area (Å²) in [6, 6.07) is 1.31. The number of rotatable bonds is 4. The summed E-state index contributed by atoms with van der Waals surface area (Å²) >= 11 is 0. The van der Waals surface area contributed by atoms with Gasteiger partial charge in [-0.3, -0.25) is 0 Å². The number of carboxylic acids is 1. The lowest BCUT2D eigenvalue weighted by molar-refractivity contribution is -0.125. The summed E-state index contributed by atoms with van der Waals surface area (Å²) in [5.41, 5.74) is 0.187. The predicted octanol–water partition coefficient (Wildman–Crippen LogP) is 1.63. The van der Waals surface area contributed by atoms with Gasteiger partial charge in [-0.15, -0.1) is 0 Å². The Kier molecular flexibility index (Phi) is 3.35. The molecule has 0 unspecified atom stereocenters. The molecule has 0 saturated carbocycles. The average molecular weight is 223 g/mol. The minimum absolute atomic E-state index is 0.187. The first kappa shape index (κ1) is 11.6. The molecule has 7 heteroatoms. The van der Waals surface area contributed by atoms with E-state index in [2.05, 4.69) is 9.73 Å². The third-order valence-corrected chi connectivity index (χ3v) is 1.58. The zero-order valence-corrected chi connectivity index (χ0v) is 7.47. The largest absolute Gasteiger partial charge is 0.475 e. The molecule has 1 rings (SSSR count). The third-order valence-electron chi connectivity index (χ3n) is 1.58. The van der Waals surface area contributed by atoms with E-state index in [0.717, 1.165) is 6.26 Å². The lowest BCUT2D eigenvalue weighted by atomic mass is 10.2. The summed E-state index contributed by atoms with van der Waals surface area (Å²) in [7, 11) is 0. The standard InChI is InChI=1S/C8H8F3NO3/c9-8(10,11)4-12-3-5-1-2-15-6(5)7(13)14/h1-2,12H,3-4H2,(H,13,14). The van der Waals surface area contributed by atoms with E-state index in [1.807, 2.05) is 0 Å². The molecule has 1 aromatic rings. The molecule has 1 aromatic heterocycles. The van der Waals surface area contributed by atoms with Crippen LogP contribution in [-0.4, -0.2) is 23.8 Å². The Bertz CT molecular complexity index is 345. The lowest BCUT2D eigenvalue weighted by Gasteiger charge is -2.06. The molecule has 0 bridgehead atoms. The highest BCUT2D eigenvalue weighted by molar-refractivity contribution is 5.86. The Labute approximate surface area is 82.7 Å². The fourth-order valence-electron chi connectivity index (χ4n) is 1.00. The highest BCUT2D eigenvalue weighted by Gasteiger charge is 2.26. The number of hydrogen-bond acceptors (Lipinski definition) is 3. The Balaban J connectivity index is 2.51. The van der Waals surface area contributed by atoms with Gasteiger partial charge in [0.05, 0.1) is 12.8 Å². The molecule has 0 aliphatic heterocycles. The molecule has 0 saturated heterocycles. The van der Waals surface area contributed by atoms with Crippen LogP contribution in [0, 0.1) is 0 Å². The second-order valence-electron chi connectivity index (χ2n) is 2.80. The van der Waals surface area contributed by atoms with Crippen molar-refractivity contribution in [3.05, 3.63) is 23.7 Å². The van der Waals surface area contributed by atoms with E-state index in [1.54, 1.807) is 0 Å². The van der Waals surface area contributed by atoms with Crippen molar-refractivity contribution in [1.29, 1.82) is 0 Å². The highest BCUT2D eigenvalue weighted by atomic mass is 19.4. The number of nitrogens with one attached hydrogen (secondary N) is 1. The van der Waals surface area contributed by atoms with Gasteiger partial charge in [-0.2, -0.15) is 13.2 Å². The SMILES string of the molecule is O=C(O)c1occc1CNCC(F)(F)F. The molecule has 0 amide bonds. The topological polar surface area (TPSA) is 62.5 Å². The second kappa shape index (κ2) is 4.35. The van der Waals surface area contributed by atoms with Crippen molar-refractivity contribution in [2.24, 2.45) is 0 Å². The minimum atomic E-state index is -4.31. The number of hydrogen-bond donors (Lipinski definition) is 2. The minimum Gasteiger partial charge on any atom is -0.475 e. The summed E-state index contributed by atoms with van der Waals surface area (Å²) < 4.78 is 39.8. The van der Waals surface area contributed by atoms with Gasteiger partial charge in [0.25, 0.3) is 0 Å². The lowest BCUT2D eigenvalue weighted by Crippen LogP contribution is -2.28. The Morgan fingerprint density at radius 3 is 2.73 bits per heavy atom. The Hall–Kier alpha value is -1.50.